The van der Waals surface area contributed by atoms with Gasteiger partial charge in [-0.15, -0.1) is 0 Å². The van der Waals surface area contributed by atoms with Gasteiger partial charge < -0.3 is 9.47 Å². The van der Waals surface area contributed by atoms with Crippen LogP contribution < -0.4 is 4.74 Å². The molecular weight excluding hydrogens is 266 g/mol. The van der Waals surface area contributed by atoms with Crippen LogP contribution in [0.3, 0.4) is 0 Å². The molecule has 1 heterocycles. The van der Waals surface area contributed by atoms with E-state index in [9.17, 15) is 4.79 Å². The van der Waals surface area contributed by atoms with Crippen molar-refractivity contribution < 1.29 is 14.3 Å². The Hall–Kier alpha value is -2.75. The summed E-state index contributed by atoms with van der Waals surface area (Å²) in [5.74, 6) is 0.647. The second-order valence-electron chi connectivity index (χ2n) is 4.62. The summed E-state index contributed by atoms with van der Waals surface area (Å²) in [6, 6.07) is 17.1. The molecule has 0 aliphatic heterocycles. The van der Waals surface area contributed by atoms with Crippen LogP contribution in [0.15, 0.2) is 60.8 Å². The van der Waals surface area contributed by atoms with Crippen LogP contribution in [0.4, 0.5) is 4.79 Å². The van der Waals surface area contributed by atoms with Crippen LogP contribution in [0, 0.1) is 0 Å². The maximum atomic E-state index is 12.2. The van der Waals surface area contributed by atoms with Crippen molar-refractivity contribution in [3.05, 3.63) is 66.4 Å². The third-order valence-electron chi connectivity index (χ3n) is 3.30. The average Bonchev–Trinajstić information content (AvgIpc) is 2.97. The lowest BCUT2D eigenvalue weighted by atomic mass is 10.2. The monoisotopic (exact) mass is 281 g/mol. The number of nitrogens with zero attached hydrogens (tertiary/aromatic N) is 1. The van der Waals surface area contributed by atoms with Gasteiger partial charge in [0.05, 0.1) is 7.11 Å². The molecule has 1 aromatic heterocycles. The second kappa shape index (κ2) is 5.71. The molecule has 4 heteroatoms. The van der Waals surface area contributed by atoms with Gasteiger partial charge in [0.25, 0.3) is 0 Å². The number of fused-ring (bicyclic) bond motifs is 1. The minimum atomic E-state index is -0.418. The lowest BCUT2D eigenvalue weighted by molar-refractivity contribution is 0.142. The summed E-state index contributed by atoms with van der Waals surface area (Å²) < 4.78 is 12.1. The number of carbonyl (C=O) groups excluding carboxylic acids is 1. The number of hydrogen-bond acceptors (Lipinski definition) is 3. The SMILES string of the molecule is COc1cccc2ccn(C(=O)OCc3ccccc3)c12. The average molecular weight is 281 g/mol. The molecule has 0 saturated carbocycles. The molecular formula is C17H15NO3. The van der Waals surface area contributed by atoms with Crippen molar-refractivity contribution in [2.75, 3.05) is 7.11 Å². The predicted octanol–water partition coefficient (Wildman–Crippen LogP) is 3.83. The number of para-hydroxylation sites is 1. The highest BCUT2D eigenvalue weighted by Crippen LogP contribution is 2.26. The van der Waals surface area contributed by atoms with Crippen LogP contribution in [-0.4, -0.2) is 17.8 Å². The summed E-state index contributed by atoms with van der Waals surface area (Å²) in [6.45, 7) is 0.245. The lowest BCUT2D eigenvalue weighted by Crippen LogP contribution is -2.12. The molecule has 0 aliphatic rings. The fourth-order valence-electron chi connectivity index (χ4n) is 2.27. The molecule has 0 aliphatic carbocycles. The van der Waals surface area contributed by atoms with E-state index in [1.807, 2.05) is 54.6 Å². The Morgan fingerprint density at radius 2 is 1.86 bits per heavy atom. The Balaban J connectivity index is 1.85. The molecule has 0 spiro atoms. The first-order valence-corrected chi connectivity index (χ1v) is 6.64. The molecule has 2 aromatic carbocycles. The predicted molar refractivity (Wildman–Crippen MR) is 80.5 cm³/mol. The summed E-state index contributed by atoms with van der Waals surface area (Å²) in [6.07, 6.45) is 1.28. The largest absolute Gasteiger partial charge is 0.495 e. The molecule has 0 atom stereocenters. The van der Waals surface area contributed by atoms with Gasteiger partial charge in [0.1, 0.15) is 17.9 Å². The second-order valence-corrected chi connectivity index (χ2v) is 4.62. The molecule has 0 fully saturated rings. The first kappa shape index (κ1) is 13.2. The molecule has 0 radical (unpaired) electrons. The van der Waals surface area contributed by atoms with Gasteiger partial charge in [-0.2, -0.15) is 0 Å². The summed E-state index contributed by atoms with van der Waals surface area (Å²) in [7, 11) is 1.58. The van der Waals surface area contributed by atoms with E-state index >= 15 is 0 Å². The summed E-state index contributed by atoms with van der Waals surface area (Å²) in [4.78, 5) is 12.2. The topological polar surface area (TPSA) is 40.5 Å². The molecule has 0 saturated heterocycles. The quantitative estimate of drug-likeness (QED) is 0.732. The number of carbonyl (C=O) groups is 1. The Kier molecular flexibility index (Phi) is 3.60. The normalized spacial score (nSPS) is 10.5. The fourth-order valence-corrected chi connectivity index (χ4v) is 2.27. The molecule has 106 valence electrons. The van der Waals surface area contributed by atoms with Crippen LogP contribution >= 0.6 is 0 Å². The first-order chi connectivity index (χ1) is 10.3. The third kappa shape index (κ3) is 2.60. The van der Waals surface area contributed by atoms with Gasteiger partial charge in [-0.05, 0) is 17.7 Å². The molecule has 21 heavy (non-hydrogen) atoms. The number of rotatable bonds is 3. The minimum absolute atomic E-state index is 0.245. The van der Waals surface area contributed by atoms with Gasteiger partial charge >= 0.3 is 6.09 Å². The van der Waals surface area contributed by atoms with Gasteiger partial charge in [0.15, 0.2) is 0 Å². The summed E-state index contributed by atoms with van der Waals surface area (Å²) in [5, 5.41) is 0.936. The zero-order chi connectivity index (χ0) is 14.7. The first-order valence-electron chi connectivity index (χ1n) is 6.64. The van der Waals surface area contributed by atoms with Crippen molar-refractivity contribution in [2.45, 2.75) is 6.61 Å². The van der Waals surface area contributed by atoms with Crippen LogP contribution in [-0.2, 0) is 11.3 Å². The molecule has 3 rings (SSSR count). The fraction of sp³-hybridized carbons (Fsp3) is 0.118. The van der Waals surface area contributed by atoms with E-state index < -0.39 is 6.09 Å². The molecule has 0 bridgehead atoms. The number of hydrogen-bond donors (Lipinski definition) is 0. The highest BCUT2D eigenvalue weighted by Gasteiger charge is 2.13. The third-order valence-corrected chi connectivity index (χ3v) is 3.30. The van der Waals surface area contributed by atoms with E-state index in [0.717, 1.165) is 16.5 Å². The lowest BCUT2D eigenvalue weighted by Gasteiger charge is -2.09. The molecule has 0 amide bonds. The van der Waals surface area contributed by atoms with Crippen molar-refractivity contribution in [3.63, 3.8) is 0 Å². The summed E-state index contributed by atoms with van der Waals surface area (Å²) in [5.41, 5.74) is 1.67. The van der Waals surface area contributed by atoms with E-state index in [0.29, 0.717) is 5.75 Å². The van der Waals surface area contributed by atoms with E-state index in [4.69, 9.17) is 9.47 Å². The number of aromatic nitrogens is 1. The van der Waals surface area contributed by atoms with Crippen molar-refractivity contribution >= 4 is 17.0 Å². The Labute approximate surface area is 122 Å². The molecule has 3 aromatic rings. The van der Waals surface area contributed by atoms with Crippen molar-refractivity contribution in [1.82, 2.24) is 4.57 Å². The Morgan fingerprint density at radius 3 is 2.62 bits per heavy atom. The standard InChI is InChI=1S/C17H15NO3/c1-20-15-9-5-8-14-10-11-18(16(14)15)17(19)21-12-13-6-3-2-4-7-13/h2-11H,12H2,1H3. The van der Waals surface area contributed by atoms with Gasteiger partial charge in [-0.25, -0.2) is 9.36 Å². The zero-order valence-corrected chi connectivity index (χ0v) is 11.7. The Bertz CT molecular complexity index is 762. The van der Waals surface area contributed by atoms with E-state index in [-0.39, 0.29) is 6.61 Å². The van der Waals surface area contributed by atoms with Crippen molar-refractivity contribution in [1.29, 1.82) is 0 Å². The van der Waals surface area contributed by atoms with Gasteiger partial charge in [-0.3, -0.25) is 0 Å². The van der Waals surface area contributed by atoms with E-state index in [1.165, 1.54) is 4.57 Å². The molecule has 0 unspecified atom stereocenters. The number of benzene rings is 2. The van der Waals surface area contributed by atoms with Crippen LogP contribution in [0.5, 0.6) is 5.75 Å². The van der Waals surface area contributed by atoms with Gasteiger partial charge in [0.2, 0.25) is 0 Å². The zero-order valence-electron chi connectivity index (χ0n) is 11.7. The summed E-state index contributed by atoms with van der Waals surface area (Å²) >= 11 is 0. The van der Waals surface area contributed by atoms with Crippen LogP contribution in [0.1, 0.15) is 5.56 Å². The van der Waals surface area contributed by atoms with Crippen molar-refractivity contribution in [3.8, 4) is 5.75 Å². The Morgan fingerprint density at radius 1 is 1.05 bits per heavy atom. The number of methoxy groups -OCH3 is 1. The van der Waals surface area contributed by atoms with Crippen LogP contribution in [0.25, 0.3) is 10.9 Å². The minimum Gasteiger partial charge on any atom is -0.495 e. The molecule has 0 N–H and O–H groups in total. The van der Waals surface area contributed by atoms with Crippen molar-refractivity contribution in [2.24, 2.45) is 0 Å². The van der Waals surface area contributed by atoms with Gasteiger partial charge in [0, 0.05) is 11.6 Å². The van der Waals surface area contributed by atoms with Crippen LogP contribution in [0.2, 0.25) is 0 Å². The van der Waals surface area contributed by atoms with Gasteiger partial charge in [-0.1, -0.05) is 42.5 Å². The van der Waals surface area contributed by atoms with E-state index in [1.54, 1.807) is 13.3 Å². The highest BCUT2D eigenvalue weighted by atomic mass is 16.5. The molecule has 4 nitrogen and oxygen atoms in total. The maximum absolute atomic E-state index is 12.2. The smallest absolute Gasteiger partial charge is 0.418 e. The highest BCUT2D eigenvalue weighted by molar-refractivity contribution is 5.93. The number of ether oxygens (including phenoxy) is 2. The maximum Gasteiger partial charge on any atom is 0.418 e. The van der Waals surface area contributed by atoms with E-state index in [2.05, 4.69) is 0 Å².